The Labute approximate surface area is 170 Å². The van der Waals surface area contributed by atoms with E-state index >= 15 is 0 Å². The maximum Gasteiger partial charge on any atom is 0.232 e. The average Bonchev–Trinajstić information content (AvgIpc) is 3.15. The van der Waals surface area contributed by atoms with Gasteiger partial charge in [0.25, 0.3) is 0 Å². The zero-order valence-corrected chi connectivity index (χ0v) is 17.9. The number of pyridine rings is 1. The number of H-pyrrole nitrogens is 1. The molecule has 1 aliphatic rings. The number of rotatable bonds is 5. The van der Waals surface area contributed by atoms with Crippen LogP contribution in [0.4, 0.5) is 5.69 Å². The summed E-state index contributed by atoms with van der Waals surface area (Å²) in [7, 11) is -2.46. The zero-order chi connectivity index (χ0) is 20.6. The van der Waals surface area contributed by atoms with Crippen molar-refractivity contribution in [2.75, 3.05) is 12.3 Å². The Morgan fingerprint density at radius 2 is 2.03 bits per heavy atom. The molecule has 1 aromatic carbocycles. The molecule has 1 saturated heterocycles. The molecule has 0 saturated carbocycles. The molecule has 4 atom stereocenters. The van der Waals surface area contributed by atoms with Crippen LogP contribution in [-0.2, 0) is 11.0 Å². The van der Waals surface area contributed by atoms with E-state index in [-0.39, 0.29) is 11.5 Å². The quantitative estimate of drug-likeness (QED) is 0.461. The fourth-order valence-corrected chi connectivity index (χ4v) is 8.31. The van der Waals surface area contributed by atoms with E-state index in [0.717, 1.165) is 28.9 Å². The second-order valence-electron chi connectivity index (χ2n) is 8.34. The summed E-state index contributed by atoms with van der Waals surface area (Å²) in [6.45, 7) is 6.13. The number of imidazole rings is 1. The maximum atomic E-state index is 13.9. The van der Waals surface area contributed by atoms with Gasteiger partial charge in [0.2, 0.25) is 5.88 Å². The lowest BCUT2D eigenvalue weighted by Crippen LogP contribution is -2.17. The molecule has 1 fully saturated rings. The summed E-state index contributed by atoms with van der Waals surface area (Å²) in [5.41, 5.74) is 2.09. The Morgan fingerprint density at radius 1 is 1.31 bits per heavy atom. The molecule has 2 unspecified atom stereocenters. The van der Waals surface area contributed by atoms with Crippen LogP contribution in [0.1, 0.15) is 25.4 Å². The number of benzene rings is 1. The molecule has 0 amide bonds. The van der Waals surface area contributed by atoms with Crippen molar-refractivity contribution in [1.29, 1.82) is 0 Å². The average molecular weight is 410 g/mol. The number of nitrogens with one attached hydrogen (secondary N) is 1. The van der Waals surface area contributed by atoms with Gasteiger partial charge < -0.3 is 14.7 Å². The van der Waals surface area contributed by atoms with Crippen LogP contribution in [0.2, 0.25) is 0 Å². The van der Waals surface area contributed by atoms with Crippen molar-refractivity contribution in [3.8, 4) is 5.88 Å². The Hall–Kier alpha value is -2.46. The first kappa shape index (κ1) is 19.8. The standard InChI is InChI=1S/C22H27N4O2P/c1-14-12-29(28,13-15(14)2)19(9-21-25-16(3)22(27)26-21)11-23-18-8-17-6-4-5-7-20(17)24-10-18/h4-8,10-11,14-15,19,27H,9,12-13H2,1-3H3,(H,25,26)/t14-,15+,19?,29?. The van der Waals surface area contributed by atoms with Crippen LogP contribution in [0.15, 0.2) is 41.5 Å². The second kappa shape index (κ2) is 7.75. The van der Waals surface area contributed by atoms with Gasteiger partial charge >= 0.3 is 0 Å². The first-order valence-corrected chi connectivity index (χ1v) is 12.2. The van der Waals surface area contributed by atoms with Gasteiger partial charge in [-0.3, -0.25) is 9.98 Å². The lowest BCUT2D eigenvalue weighted by molar-refractivity contribution is 0.451. The smallest absolute Gasteiger partial charge is 0.232 e. The molecular weight excluding hydrogens is 383 g/mol. The van der Waals surface area contributed by atoms with E-state index < -0.39 is 7.14 Å². The molecule has 4 rings (SSSR count). The Kier molecular flexibility index (Phi) is 5.30. The Balaban J connectivity index is 1.65. The number of para-hydroxylation sites is 1. The zero-order valence-electron chi connectivity index (χ0n) is 17.0. The lowest BCUT2D eigenvalue weighted by Gasteiger charge is -2.20. The van der Waals surface area contributed by atoms with Gasteiger partial charge in [-0.1, -0.05) is 32.0 Å². The molecule has 7 heteroatoms. The third-order valence-corrected chi connectivity index (χ3v) is 9.96. The van der Waals surface area contributed by atoms with Gasteiger partial charge in [-0.2, -0.15) is 4.98 Å². The Bertz CT molecular complexity index is 1070. The predicted molar refractivity (Wildman–Crippen MR) is 118 cm³/mol. The van der Waals surface area contributed by atoms with Crippen LogP contribution in [-0.4, -0.2) is 44.3 Å². The second-order valence-corrected chi connectivity index (χ2v) is 11.6. The van der Waals surface area contributed by atoms with Crippen LogP contribution in [0.5, 0.6) is 5.88 Å². The molecule has 0 aliphatic carbocycles. The maximum absolute atomic E-state index is 13.9. The van der Waals surface area contributed by atoms with E-state index in [1.165, 1.54) is 0 Å². The monoisotopic (exact) mass is 410 g/mol. The molecule has 0 radical (unpaired) electrons. The van der Waals surface area contributed by atoms with Gasteiger partial charge in [0, 0.05) is 30.3 Å². The summed E-state index contributed by atoms with van der Waals surface area (Å²) in [4.78, 5) is 16.4. The minimum Gasteiger partial charge on any atom is -0.492 e. The molecular formula is C22H27N4O2P. The largest absolute Gasteiger partial charge is 0.492 e. The number of aromatic nitrogens is 3. The summed E-state index contributed by atoms with van der Waals surface area (Å²) >= 11 is 0. The van der Waals surface area contributed by atoms with Crippen LogP contribution in [0.25, 0.3) is 10.9 Å². The minimum atomic E-state index is -2.46. The number of nitrogens with zero attached hydrogens (tertiary/aromatic N) is 3. The highest BCUT2D eigenvalue weighted by atomic mass is 31.2. The number of aromatic amines is 1. The lowest BCUT2D eigenvalue weighted by atomic mass is 10.0. The van der Waals surface area contributed by atoms with Crippen molar-refractivity contribution in [3.05, 3.63) is 48.0 Å². The van der Waals surface area contributed by atoms with Crippen LogP contribution in [0, 0.1) is 18.8 Å². The topological polar surface area (TPSA) is 91.2 Å². The molecule has 152 valence electrons. The number of aryl methyl sites for hydroxylation is 1. The minimum absolute atomic E-state index is 0.000795. The SMILES string of the molecule is Cc1[nH]c(CC(C=Nc2cnc3ccccc3c2)P2(=O)C[C@@H](C)[C@@H](C)C2)nc1O. The molecule has 0 bridgehead atoms. The highest BCUT2D eigenvalue weighted by molar-refractivity contribution is 7.65. The molecule has 6 nitrogen and oxygen atoms in total. The molecule has 1 aliphatic heterocycles. The summed E-state index contributed by atoms with van der Waals surface area (Å²) in [5, 5.41) is 10.8. The fraction of sp³-hybridized carbons (Fsp3) is 0.409. The highest BCUT2D eigenvalue weighted by Gasteiger charge is 2.42. The number of hydrogen-bond acceptors (Lipinski definition) is 5. The molecule has 3 aromatic rings. The van der Waals surface area contributed by atoms with Crippen LogP contribution in [0.3, 0.4) is 0 Å². The van der Waals surface area contributed by atoms with Crippen molar-refractivity contribution in [2.45, 2.75) is 32.9 Å². The van der Waals surface area contributed by atoms with Crippen molar-refractivity contribution >= 4 is 29.9 Å². The van der Waals surface area contributed by atoms with Crippen molar-refractivity contribution in [1.82, 2.24) is 15.0 Å². The van der Waals surface area contributed by atoms with Crippen molar-refractivity contribution < 1.29 is 9.67 Å². The van der Waals surface area contributed by atoms with E-state index in [1.807, 2.05) is 36.5 Å². The summed E-state index contributed by atoms with van der Waals surface area (Å²) in [6, 6.07) is 9.91. The van der Waals surface area contributed by atoms with Gasteiger partial charge in [0.15, 0.2) is 0 Å². The number of fused-ring (bicyclic) bond motifs is 1. The van der Waals surface area contributed by atoms with Gasteiger partial charge in [-0.25, -0.2) is 0 Å². The van der Waals surface area contributed by atoms with Crippen LogP contribution >= 0.6 is 7.14 Å². The third kappa shape index (κ3) is 4.13. The molecule has 2 N–H and O–H groups in total. The van der Waals surface area contributed by atoms with E-state index in [9.17, 15) is 9.67 Å². The third-order valence-electron chi connectivity index (χ3n) is 6.05. The van der Waals surface area contributed by atoms with Gasteiger partial charge in [-0.15, -0.1) is 0 Å². The summed E-state index contributed by atoms with van der Waals surface area (Å²) < 4.78 is 13.9. The highest BCUT2D eigenvalue weighted by Crippen LogP contribution is 2.60. The molecule has 2 aromatic heterocycles. The fourth-order valence-electron chi connectivity index (χ4n) is 4.13. The van der Waals surface area contributed by atoms with E-state index in [0.29, 0.717) is 29.8 Å². The van der Waals surface area contributed by atoms with Gasteiger partial charge in [0.05, 0.1) is 35.9 Å². The van der Waals surface area contributed by atoms with Gasteiger partial charge in [0.1, 0.15) is 5.82 Å². The predicted octanol–water partition coefficient (Wildman–Crippen LogP) is 4.93. The van der Waals surface area contributed by atoms with Gasteiger partial charge in [-0.05, 0) is 30.9 Å². The Morgan fingerprint density at radius 3 is 2.72 bits per heavy atom. The molecule has 0 spiro atoms. The van der Waals surface area contributed by atoms with E-state index in [1.54, 1.807) is 13.1 Å². The molecule has 3 heterocycles. The summed E-state index contributed by atoms with van der Waals surface area (Å²) in [6.07, 6.45) is 5.50. The van der Waals surface area contributed by atoms with Crippen molar-refractivity contribution in [3.63, 3.8) is 0 Å². The number of aromatic hydroxyl groups is 1. The summed E-state index contributed by atoms with van der Waals surface area (Å²) in [5.74, 6) is 1.52. The number of aliphatic imine (C=N–C) groups is 1. The van der Waals surface area contributed by atoms with Crippen molar-refractivity contribution in [2.24, 2.45) is 16.8 Å². The first-order chi connectivity index (χ1) is 13.8. The molecule has 29 heavy (non-hydrogen) atoms. The normalized spacial score (nSPS) is 25.8. The van der Waals surface area contributed by atoms with Crippen LogP contribution < -0.4 is 0 Å². The van der Waals surface area contributed by atoms with E-state index in [2.05, 4.69) is 33.8 Å². The van der Waals surface area contributed by atoms with E-state index in [4.69, 9.17) is 0 Å². The first-order valence-electron chi connectivity index (χ1n) is 10.1. The number of hydrogen-bond donors (Lipinski definition) is 2.